The topological polar surface area (TPSA) is 54.9 Å². The Bertz CT molecular complexity index is 432. The zero-order valence-corrected chi connectivity index (χ0v) is 12.1. The van der Waals surface area contributed by atoms with Gasteiger partial charge in [-0.15, -0.1) is 0 Å². The third-order valence-corrected chi connectivity index (χ3v) is 2.74. The molecule has 0 aliphatic carbocycles. The smallest absolute Gasteiger partial charge is 0.252 e. The summed E-state index contributed by atoms with van der Waals surface area (Å²) in [7, 11) is 0. The maximum atomic E-state index is 11.7. The van der Waals surface area contributed by atoms with E-state index in [-0.39, 0.29) is 5.91 Å². The van der Waals surface area contributed by atoms with Crippen LogP contribution >= 0.6 is 31.9 Å². The van der Waals surface area contributed by atoms with Gasteiger partial charge in [0.1, 0.15) is 9.21 Å². The Morgan fingerprint density at radius 3 is 2.81 bits per heavy atom. The Labute approximate surface area is 111 Å². The van der Waals surface area contributed by atoms with Crippen molar-refractivity contribution in [2.24, 2.45) is 0 Å². The summed E-state index contributed by atoms with van der Waals surface area (Å²) in [5.74, 6) is 0.247. The van der Waals surface area contributed by atoms with Crippen LogP contribution in [-0.2, 0) is 4.79 Å². The standard InChI is InChI=1S/C10H11Br2N3O/c1-3-4-6(2)10(16)15-9-8(12)14-7(11)5-13-9/h4-5H,3H2,1-2H3,(H,13,15,16)/b6-4-. The van der Waals surface area contributed by atoms with Crippen LogP contribution in [0.5, 0.6) is 0 Å². The van der Waals surface area contributed by atoms with Gasteiger partial charge in [0.05, 0.1) is 6.20 Å². The number of rotatable bonds is 3. The fourth-order valence-corrected chi connectivity index (χ4v) is 1.95. The van der Waals surface area contributed by atoms with Crippen molar-refractivity contribution < 1.29 is 4.79 Å². The zero-order valence-electron chi connectivity index (χ0n) is 8.92. The van der Waals surface area contributed by atoms with Gasteiger partial charge in [-0.2, -0.15) is 0 Å². The highest BCUT2D eigenvalue weighted by Crippen LogP contribution is 2.19. The minimum absolute atomic E-state index is 0.167. The number of allylic oxidation sites excluding steroid dienone is 1. The van der Waals surface area contributed by atoms with E-state index >= 15 is 0 Å². The molecule has 0 aromatic carbocycles. The van der Waals surface area contributed by atoms with Crippen molar-refractivity contribution in [3.8, 4) is 0 Å². The second-order valence-electron chi connectivity index (χ2n) is 3.08. The molecule has 1 N–H and O–H groups in total. The molecule has 86 valence electrons. The van der Waals surface area contributed by atoms with Gasteiger partial charge in [-0.25, -0.2) is 9.97 Å². The van der Waals surface area contributed by atoms with Gasteiger partial charge in [0.25, 0.3) is 5.91 Å². The van der Waals surface area contributed by atoms with Crippen molar-refractivity contribution in [1.29, 1.82) is 0 Å². The maximum Gasteiger partial charge on any atom is 0.252 e. The van der Waals surface area contributed by atoms with Crippen molar-refractivity contribution in [3.63, 3.8) is 0 Å². The van der Waals surface area contributed by atoms with Crippen molar-refractivity contribution in [2.45, 2.75) is 20.3 Å². The van der Waals surface area contributed by atoms with Crippen LogP contribution in [0.15, 0.2) is 27.1 Å². The van der Waals surface area contributed by atoms with Gasteiger partial charge in [0.15, 0.2) is 5.82 Å². The first-order valence-electron chi connectivity index (χ1n) is 4.70. The van der Waals surface area contributed by atoms with Gasteiger partial charge < -0.3 is 5.32 Å². The largest absolute Gasteiger partial charge is 0.305 e. The van der Waals surface area contributed by atoms with Crippen LogP contribution in [-0.4, -0.2) is 15.9 Å². The van der Waals surface area contributed by atoms with Crippen LogP contribution in [0.4, 0.5) is 5.82 Å². The molecule has 0 spiro atoms. The number of aromatic nitrogens is 2. The van der Waals surface area contributed by atoms with E-state index in [1.54, 1.807) is 6.92 Å². The molecule has 0 unspecified atom stereocenters. The van der Waals surface area contributed by atoms with Crippen molar-refractivity contribution in [2.75, 3.05) is 5.32 Å². The van der Waals surface area contributed by atoms with Gasteiger partial charge in [0.2, 0.25) is 0 Å². The number of anilines is 1. The van der Waals surface area contributed by atoms with Crippen LogP contribution in [0.1, 0.15) is 20.3 Å². The number of hydrogen-bond donors (Lipinski definition) is 1. The van der Waals surface area contributed by atoms with Gasteiger partial charge in [-0.3, -0.25) is 4.79 Å². The lowest BCUT2D eigenvalue weighted by molar-refractivity contribution is -0.112. The number of carbonyl (C=O) groups excluding carboxylic acids is 1. The maximum absolute atomic E-state index is 11.7. The average Bonchev–Trinajstić information content (AvgIpc) is 2.22. The second-order valence-corrected chi connectivity index (χ2v) is 4.65. The molecule has 0 atom stereocenters. The number of nitrogens with one attached hydrogen (secondary N) is 1. The Hall–Kier alpha value is -0.750. The van der Waals surface area contributed by atoms with E-state index in [1.165, 1.54) is 6.20 Å². The highest BCUT2D eigenvalue weighted by atomic mass is 79.9. The fraction of sp³-hybridized carbons (Fsp3) is 0.300. The molecule has 0 aliphatic heterocycles. The van der Waals surface area contributed by atoms with E-state index < -0.39 is 0 Å². The molecular formula is C10H11Br2N3O. The highest BCUT2D eigenvalue weighted by molar-refractivity contribution is 9.11. The van der Waals surface area contributed by atoms with Gasteiger partial charge in [-0.1, -0.05) is 13.0 Å². The molecular weight excluding hydrogens is 338 g/mol. The lowest BCUT2D eigenvalue weighted by Gasteiger charge is -2.05. The van der Waals surface area contributed by atoms with E-state index in [2.05, 4.69) is 47.1 Å². The third-order valence-electron chi connectivity index (χ3n) is 1.80. The Kier molecular flexibility index (Phi) is 5.08. The van der Waals surface area contributed by atoms with Crippen molar-refractivity contribution in [3.05, 3.63) is 27.1 Å². The predicted molar refractivity (Wildman–Crippen MR) is 70.1 cm³/mol. The SMILES string of the molecule is CC/C=C(/C)C(=O)Nc1ncc(Br)nc1Br. The summed E-state index contributed by atoms with van der Waals surface area (Å²) in [5.41, 5.74) is 0.666. The van der Waals surface area contributed by atoms with E-state index in [1.807, 2.05) is 13.0 Å². The summed E-state index contributed by atoms with van der Waals surface area (Å²) in [6, 6.07) is 0. The molecule has 6 heteroatoms. The lowest BCUT2D eigenvalue weighted by atomic mass is 10.2. The summed E-state index contributed by atoms with van der Waals surface area (Å²) in [6.07, 6.45) is 4.21. The number of carbonyl (C=O) groups is 1. The number of halogens is 2. The number of nitrogens with zero attached hydrogens (tertiary/aromatic N) is 2. The first kappa shape index (κ1) is 13.3. The molecule has 1 aromatic rings. The van der Waals surface area contributed by atoms with Crippen LogP contribution < -0.4 is 5.32 Å². The van der Waals surface area contributed by atoms with Crippen LogP contribution in [0.25, 0.3) is 0 Å². The second kappa shape index (κ2) is 6.10. The van der Waals surface area contributed by atoms with Crippen LogP contribution in [0.2, 0.25) is 0 Å². The minimum atomic E-state index is -0.167. The molecule has 1 aromatic heterocycles. The van der Waals surface area contributed by atoms with Gasteiger partial charge >= 0.3 is 0 Å². The van der Waals surface area contributed by atoms with Crippen molar-refractivity contribution >= 4 is 43.6 Å². The Morgan fingerprint density at radius 2 is 2.25 bits per heavy atom. The summed E-state index contributed by atoms with van der Waals surface area (Å²) >= 11 is 6.41. The first-order chi connectivity index (χ1) is 7.54. The Morgan fingerprint density at radius 1 is 1.56 bits per heavy atom. The molecule has 0 aliphatic rings. The van der Waals surface area contributed by atoms with E-state index in [9.17, 15) is 4.79 Å². The molecule has 0 saturated heterocycles. The van der Waals surface area contributed by atoms with Crippen LogP contribution in [0, 0.1) is 0 Å². The number of hydrogen-bond acceptors (Lipinski definition) is 3. The monoisotopic (exact) mass is 347 g/mol. The van der Waals surface area contributed by atoms with Gasteiger partial charge in [0, 0.05) is 5.57 Å². The zero-order chi connectivity index (χ0) is 12.1. The fourth-order valence-electron chi connectivity index (χ4n) is 1.04. The summed E-state index contributed by atoms with van der Waals surface area (Å²) in [6.45, 7) is 3.74. The molecule has 16 heavy (non-hydrogen) atoms. The summed E-state index contributed by atoms with van der Waals surface area (Å²) in [5, 5.41) is 2.67. The predicted octanol–water partition coefficient (Wildman–Crippen LogP) is 3.30. The minimum Gasteiger partial charge on any atom is -0.305 e. The molecule has 0 bridgehead atoms. The average molecular weight is 349 g/mol. The molecule has 4 nitrogen and oxygen atoms in total. The van der Waals surface area contributed by atoms with E-state index in [0.717, 1.165) is 6.42 Å². The molecule has 0 fully saturated rings. The first-order valence-corrected chi connectivity index (χ1v) is 6.29. The summed E-state index contributed by atoms with van der Waals surface area (Å²) in [4.78, 5) is 19.8. The molecule has 1 rings (SSSR count). The quantitative estimate of drug-likeness (QED) is 0.852. The molecule has 1 amide bonds. The van der Waals surface area contributed by atoms with E-state index in [0.29, 0.717) is 20.6 Å². The van der Waals surface area contributed by atoms with E-state index in [4.69, 9.17) is 0 Å². The third kappa shape index (κ3) is 3.68. The molecule has 1 heterocycles. The molecule has 0 radical (unpaired) electrons. The normalized spacial score (nSPS) is 11.4. The Balaban J connectivity index is 2.81. The summed E-state index contributed by atoms with van der Waals surface area (Å²) < 4.78 is 1.11. The highest BCUT2D eigenvalue weighted by Gasteiger charge is 2.09. The van der Waals surface area contributed by atoms with Crippen LogP contribution in [0.3, 0.4) is 0 Å². The van der Waals surface area contributed by atoms with Gasteiger partial charge in [-0.05, 0) is 45.2 Å². The molecule has 0 saturated carbocycles. The lowest BCUT2D eigenvalue weighted by Crippen LogP contribution is -2.14. The number of amides is 1. The van der Waals surface area contributed by atoms with Crippen molar-refractivity contribution in [1.82, 2.24) is 9.97 Å².